The Kier molecular flexibility index (Phi) is 3.71. The summed E-state index contributed by atoms with van der Waals surface area (Å²) < 4.78 is 1.62. The van der Waals surface area contributed by atoms with Crippen LogP contribution in [-0.4, -0.2) is 31.1 Å². The Labute approximate surface area is 108 Å². The summed E-state index contributed by atoms with van der Waals surface area (Å²) in [4.78, 5) is 15.3. The first-order chi connectivity index (χ1) is 8.58. The van der Waals surface area contributed by atoms with Gasteiger partial charge in [0, 0.05) is 5.38 Å². The highest BCUT2D eigenvalue weighted by atomic mass is 32.1. The summed E-state index contributed by atoms with van der Waals surface area (Å²) in [6.45, 7) is 4.53. The van der Waals surface area contributed by atoms with Crippen LogP contribution in [-0.2, 0) is 13.0 Å². The van der Waals surface area contributed by atoms with Gasteiger partial charge in [-0.2, -0.15) is 0 Å². The number of aromatic carboxylic acids is 1. The number of carboxylic acid groups (broad SMARTS) is 1. The molecule has 0 aliphatic rings. The summed E-state index contributed by atoms with van der Waals surface area (Å²) in [7, 11) is 0. The number of carbonyl (C=O) groups is 1. The number of hydrogen-bond acceptors (Lipinski definition) is 5. The third kappa shape index (κ3) is 2.73. The van der Waals surface area contributed by atoms with Crippen molar-refractivity contribution in [3.05, 3.63) is 28.0 Å². The molecule has 0 bridgehead atoms. The van der Waals surface area contributed by atoms with Gasteiger partial charge in [0.15, 0.2) is 5.69 Å². The summed E-state index contributed by atoms with van der Waals surface area (Å²) in [5.41, 5.74) is 3.31. The third-order valence-electron chi connectivity index (χ3n) is 2.44. The van der Waals surface area contributed by atoms with Crippen molar-refractivity contribution >= 4 is 17.3 Å². The zero-order valence-electron chi connectivity index (χ0n) is 10.2. The number of thiazole rings is 1. The van der Waals surface area contributed by atoms with E-state index in [0.29, 0.717) is 24.6 Å². The van der Waals surface area contributed by atoms with Crippen LogP contribution in [0.1, 0.15) is 35.7 Å². The molecule has 2 aromatic rings. The molecule has 0 saturated carbocycles. The van der Waals surface area contributed by atoms with Gasteiger partial charge in [0.2, 0.25) is 0 Å². The first-order valence-electron chi connectivity index (χ1n) is 5.60. The lowest BCUT2D eigenvalue weighted by Crippen LogP contribution is -2.12. The van der Waals surface area contributed by atoms with Crippen molar-refractivity contribution in [2.45, 2.75) is 26.8 Å². The summed E-state index contributed by atoms with van der Waals surface area (Å²) in [6, 6.07) is 0. The van der Waals surface area contributed by atoms with Gasteiger partial charge in [-0.3, -0.25) is 0 Å². The predicted octanol–water partition coefficient (Wildman–Crippen LogP) is 1.68. The topological polar surface area (TPSA) is 80.9 Å². The number of aromatic nitrogens is 4. The maximum absolute atomic E-state index is 11.1. The van der Waals surface area contributed by atoms with Crippen molar-refractivity contribution in [3.63, 3.8) is 0 Å². The molecule has 0 unspecified atom stereocenters. The maximum Gasteiger partial charge on any atom is 0.358 e. The average Bonchev–Trinajstić information content (AvgIpc) is 2.89. The van der Waals surface area contributed by atoms with E-state index in [4.69, 9.17) is 5.11 Å². The SMILES string of the molecule is CC(C)Cc1c(C(=O)O)nnn1Cc1cscn1. The molecule has 2 aromatic heterocycles. The fourth-order valence-electron chi connectivity index (χ4n) is 1.68. The molecule has 1 N–H and O–H groups in total. The van der Waals surface area contributed by atoms with E-state index in [0.717, 1.165) is 5.69 Å². The molecule has 2 rings (SSSR count). The van der Waals surface area contributed by atoms with Gasteiger partial charge in [-0.15, -0.1) is 16.4 Å². The Morgan fingerprint density at radius 1 is 1.56 bits per heavy atom. The van der Waals surface area contributed by atoms with E-state index in [9.17, 15) is 4.79 Å². The Hall–Kier alpha value is -1.76. The second-order valence-corrected chi connectivity index (χ2v) is 5.14. The van der Waals surface area contributed by atoms with Crippen LogP contribution in [0.15, 0.2) is 10.9 Å². The Morgan fingerprint density at radius 3 is 2.89 bits per heavy atom. The standard InChI is InChI=1S/C11H14N4O2S/c1-7(2)3-9-10(11(16)17)13-14-15(9)4-8-5-18-6-12-8/h5-7H,3-4H2,1-2H3,(H,16,17). The van der Waals surface area contributed by atoms with E-state index in [1.807, 2.05) is 19.2 Å². The van der Waals surface area contributed by atoms with E-state index >= 15 is 0 Å². The van der Waals surface area contributed by atoms with Crippen LogP contribution in [0.3, 0.4) is 0 Å². The minimum absolute atomic E-state index is 0.0407. The lowest BCUT2D eigenvalue weighted by atomic mass is 10.1. The van der Waals surface area contributed by atoms with E-state index < -0.39 is 5.97 Å². The van der Waals surface area contributed by atoms with Gasteiger partial charge in [0.25, 0.3) is 0 Å². The highest BCUT2D eigenvalue weighted by Crippen LogP contribution is 2.14. The van der Waals surface area contributed by atoms with Crippen molar-refractivity contribution in [3.8, 4) is 0 Å². The van der Waals surface area contributed by atoms with Gasteiger partial charge in [-0.25, -0.2) is 14.5 Å². The van der Waals surface area contributed by atoms with E-state index in [-0.39, 0.29) is 5.69 Å². The zero-order chi connectivity index (χ0) is 13.1. The summed E-state index contributed by atoms with van der Waals surface area (Å²) >= 11 is 1.50. The average molecular weight is 266 g/mol. The fraction of sp³-hybridized carbons (Fsp3) is 0.455. The molecule has 0 radical (unpaired) electrons. The normalized spacial score (nSPS) is 11.1. The van der Waals surface area contributed by atoms with Crippen molar-refractivity contribution in [1.82, 2.24) is 20.0 Å². The lowest BCUT2D eigenvalue weighted by Gasteiger charge is -2.07. The number of rotatable bonds is 5. The molecular weight excluding hydrogens is 252 g/mol. The van der Waals surface area contributed by atoms with Gasteiger partial charge in [-0.05, 0) is 12.3 Å². The highest BCUT2D eigenvalue weighted by molar-refractivity contribution is 7.07. The van der Waals surface area contributed by atoms with Crippen molar-refractivity contribution in [1.29, 1.82) is 0 Å². The predicted molar refractivity (Wildman–Crippen MR) is 66.7 cm³/mol. The van der Waals surface area contributed by atoms with Crippen molar-refractivity contribution < 1.29 is 9.90 Å². The lowest BCUT2D eigenvalue weighted by molar-refractivity contribution is 0.0689. The second-order valence-electron chi connectivity index (χ2n) is 4.43. The van der Waals surface area contributed by atoms with Crippen LogP contribution < -0.4 is 0 Å². The summed E-state index contributed by atoms with van der Waals surface area (Å²) in [5.74, 6) is -0.689. The molecule has 0 aliphatic carbocycles. The van der Waals surface area contributed by atoms with Gasteiger partial charge in [-0.1, -0.05) is 19.1 Å². The summed E-state index contributed by atoms with van der Waals surface area (Å²) in [5, 5.41) is 18.7. The first-order valence-corrected chi connectivity index (χ1v) is 6.55. The molecule has 96 valence electrons. The number of carboxylic acids is 1. The molecule has 0 aromatic carbocycles. The molecule has 0 atom stereocenters. The molecule has 6 nitrogen and oxygen atoms in total. The highest BCUT2D eigenvalue weighted by Gasteiger charge is 2.20. The number of hydrogen-bond donors (Lipinski definition) is 1. The zero-order valence-corrected chi connectivity index (χ0v) is 11.0. The van der Waals surface area contributed by atoms with Gasteiger partial charge < -0.3 is 5.11 Å². The Morgan fingerprint density at radius 2 is 2.33 bits per heavy atom. The molecule has 0 fully saturated rings. The van der Waals surface area contributed by atoms with Crippen LogP contribution in [0.25, 0.3) is 0 Å². The minimum atomic E-state index is -1.03. The first kappa shape index (κ1) is 12.7. The molecule has 0 saturated heterocycles. The van der Waals surface area contributed by atoms with Gasteiger partial charge >= 0.3 is 5.97 Å². The third-order valence-corrected chi connectivity index (χ3v) is 3.07. The molecule has 2 heterocycles. The fourth-order valence-corrected chi connectivity index (χ4v) is 2.23. The maximum atomic E-state index is 11.1. The minimum Gasteiger partial charge on any atom is -0.476 e. The van der Waals surface area contributed by atoms with Crippen LogP contribution in [0.5, 0.6) is 0 Å². The van der Waals surface area contributed by atoms with Crippen LogP contribution >= 0.6 is 11.3 Å². The van der Waals surface area contributed by atoms with Crippen LogP contribution in [0.2, 0.25) is 0 Å². The van der Waals surface area contributed by atoms with Crippen molar-refractivity contribution in [2.75, 3.05) is 0 Å². The Balaban J connectivity index is 2.31. The van der Waals surface area contributed by atoms with Crippen LogP contribution in [0, 0.1) is 5.92 Å². The molecule has 0 spiro atoms. The molecule has 0 amide bonds. The quantitative estimate of drug-likeness (QED) is 0.890. The van der Waals surface area contributed by atoms with Crippen molar-refractivity contribution in [2.24, 2.45) is 5.92 Å². The summed E-state index contributed by atoms with van der Waals surface area (Å²) in [6.07, 6.45) is 0.638. The largest absolute Gasteiger partial charge is 0.476 e. The Bertz CT molecular complexity index is 533. The van der Waals surface area contributed by atoms with E-state index in [1.165, 1.54) is 11.3 Å². The second kappa shape index (κ2) is 5.26. The molecular formula is C11H14N4O2S. The molecule has 0 aliphatic heterocycles. The van der Waals surface area contributed by atoms with E-state index in [1.54, 1.807) is 10.2 Å². The van der Waals surface area contributed by atoms with E-state index in [2.05, 4.69) is 15.3 Å². The smallest absolute Gasteiger partial charge is 0.358 e. The molecule has 18 heavy (non-hydrogen) atoms. The van der Waals surface area contributed by atoms with Gasteiger partial charge in [0.1, 0.15) is 0 Å². The number of nitrogens with zero attached hydrogens (tertiary/aromatic N) is 4. The molecule has 7 heteroatoms. The van der Waals surface area contributed by atoms with Gasteiger partial charge in [0.05, 0.1) is 23.4 Å². The monoisotopic (exact) mass is 266 g/mol. The van der Waals surface area contributed by atoms with Crippen LogP contribution in [0.4, 0.5) is 0 Å².